The van der Waals surface area contributed by atoms with Crippen molar-refractivity contribution in [3.63, 3.8) is 0 Å². The Kier molecular flexibility index (Phi) is 11.1. The number of likely N-dealkylation sites (tertiary alicyclic amines) is 1. The number of carbonyl (C=O) groups excluding carboxylic acids is 2. The monoisotopic (exact) mass is 679 g/mol. The van der Waals surface area contributed by atoms with E-state index < -0.39 is 15.4 Å². The van der Waals surface area contributed by atoms with Crippen LogP contribution in [0.25, 0.3) is 0 Å². The maximum Gasteiger partial charge on any atom is 0.410 e. The summed E-state index contributed by atoms with van der Waals surface area (Å²) in [5.41, 5.74) is 3.04. The molecule has 11 heteroatoms. The van der Waals surface area contributed by atoms with Gasteiger partial charge in [0.25, 0.3) is 5.91 Å². The Bertz CT molecular complexity index is 1750. The third kappa shape index (κ3) is 10.2. The number of aryl methyl sites for hydroxylation is 1. The SMILES string of the molecule is COc1c(CS(C)(=O)=O)cc(C(C)(C)C)cc1NC(=O)c1ccc(C)c(Oc2ccnc(CC3CCN(C(=O)OC(C)(C)C)CC3)c2)c1. The number of anilines is 1. The molecule has 1 fully saturated rings. The summed E-state index contributed by atoms with van der Waals surface area (Å²) in [4.78, 5) is 32.4. The van der Waals surface area contributed by atoms with Gasteiger partial charge in [-0.15, -0.1) is 0 Å². The maximum absolute atomic E-state index is 13.6. The zero-order chi connectivity index (χ0) is 35.4. The van der Waals surface area contributed by atoms with Crippen molar-refractivity contribution in [2.75, 3.05) is 31.8 Å². The Labute approximate surface area is 285 Å². The Balaban J connectivity index is 1.48. The zero-order valence-electron chi connectivity index (χ0n) is 29.6. The van der Waals surface area contributed by atoms with Gasteiger partial charge in [-0.1, -0.05) is 32.9 Å². The molecule has 260 valence electrons. The van der Waals surface area contributed by atoms with E-state index in [1.165, 1.54) is 13.4 Å². The standard InChI is InChI=1S/C37H49N3O7S/c1-24-10-11-26(34(41)39-31-21-28(36(2,3)4)19-27(33(31)45-8)23-48(9,43)44)20-32(24)46-30-12-15-38-29(22-30)18-25-13-16-40(17-14-25)35(42)47-37(5,6)7/h10-12,15,19-22,25H,13-14,16-18,23H2,1-9H3,(H,39,41). The molecule has 48 heavy (non-hydrogen) atoms. The minimum Gasteiger partial charge on any atom is -0.494 e. The molecule has 1 aliphatic heterocycles. The smallest absolute Gasteiger partial charge is 0.410 e. The number of nitrogens with zero attached hydrogens (tertiary/aromatic N) is 2. The highest BCUT2D eigenvalue weighted by Gasteiger charge is 2.27. The number of hydrogen-bond acceptors (Lipinski definition) is 8. The first-order valence-electron chi connectivity index (χ1n) is 16.2. The summed E-state index contributed by atoms with van der Waals surface area (Å²) in [6.45, 7) is 14.9. The van der Waals surface area contributed by atoms with Crippen molar-refractivity contribution < 1.29 is 32.2 Å². The van der Waals surface area contributed by atoms with Crippen LogP contribution in [0, 0.1) is 12.8 Å². The lowest BCUT2D eigenvalue weighted by molar-refractivity contribution is 0.0184. The molecule has 2 amide bonds. The molecule has 1 aliphatic rings. The number of rotatable bonds is 9. The first kappa shape index (κ1) is 36.7. The van der Waals surface area contributed by atoms with Crippen molar-refractivity contribution in [2.24, 2.45) is 5.92 Å². The van der Waals surface area contributed by atoms with Gasteiger partial charge in [0.2, 0.25) is 0 Å². The van der Waals surface area contributed by atoms with E-state index in [9.17, 15) is 18.0 Å². The molecule has 1 N–H and O–H groups in total. The number of aromatic nitrogens is 1. The van der Waals surface area contributed by atoms with Crippen LogP contribution in [-0.2, 0) is 32.2 Å². The number of ether oxygens (including phenoxy) is 3. The number of hydrogen-bond donors (Lipinski definition) is 1. The quantitative estimate of drug-likeness (QED) is 0.247. The fourth-order valence-corrected chi connectivity index (χ4v) is 6.37. The van der Waals surface area contributed by atoms with Crippen LogP contribution in [-0.4, -0.2) is 62.4 Å². The summed E-state index contributed by atoms with van der Waals surface area (Å²) in [7, 11) is -1.91. The average Bonchev–Trinajstić information content (AvgIpc) is 2.96. The summed E-state index contributed by atoms with van der Waals surface area (Å²) in [6.07, 6.45) is 5.11. The van der Waals surface area contributed by atoms with Crippen LogP contribution in [0.1, 0.15) is 87.1 Å². The van der Waals surface area contributed by atoms with E-state index in [-0.39, 0.29) is 23.2 Å². The Morgan fingerprint density at radius 3 is 2.29 bits per heavy atom. The first-order valence-corrected chi connectivity index (χ1v) is 18.3. The van der Waals surface area contributed by atoms with Crippen molar-refractivity contribution >= 4 is 27.5 Å². The Morgan fingerprint density at radius 1 is 1.00 bits per heavy atom. The second-order valence-electron chi connectivity index (χ2n) is 14.7. The van der Waals surface area contributed by atoms with Gasteiger partial charge in [-0.3, -0.25) is 9.78 Å². The van der Waals surface area contributed by atoms with E-state index in [0.29, 0.717) is 53.1 Å². The third-order valence-electron chi connectivity index (χ3n) is 8.13. The molecule has 0 unspecified atom stereocenters. The summed E-state index contributed by atoms with van der Waals surface area (Å²) >= 11 is 0. The number of benzene rings is 2. The normalized spacial score (nSPS) is 14.4. The number of nitrogens with one attached hydrogen (secondary N) is 1. The highest BCUT2D eigenvalue weighted by Crippen LogP contribution is 2.37. The van der Waals surface area contributed by atoms with Gasteiger partial charge in [-0.05, 0) is 93.7 Å². The van der Waals surface area contributed by atoms with Crippen LogP contribution >= 0.6 is 0 Å². The van der Waals surface area contributed by atoms with E-state index >= 15 is 0 Å². The molecule has 2 aromatic carbocycles. The molecule has 0 aliphatic carbocycles. The molecule has 0 bridgehead atoms. The summed E-state index contributed by atoms with van der Waals surface area (Å²) in [5, 5.41) is 2.95. The van der Waals surface area contributed by atoms with Crippen molar-refractivity contribution in [2.45, 2.75) is 84.5 Å². The topological polar surface area (TPSA) is 124 Å². The number of pyridine rings is 1. The molecule has 0 spiro atoms. The molecule has 2 heterocycles. The van der Waals surface area contributed by atoms with Crippen LogP contribution in [0.15, 0.2) is 48.7 Å². The molecule has 3 aromatic rings. The zero-order valence-corrected chi connectivity index (χ0v) is 30.4. The van der Waals surface area contributed by atoms with Crippen LogP contribution < -0.4 is 14.8 Å². The number of methoxy groups -OCH3 is 1. The van der Waals surface area contributed by atoms with E-state index in [2.05, 4.69) is 10.3 Å². The predicted molar refractivity (Wildman–Crippen MR) is 188 cm³/mol. The molecule has 1 saturated heterocycles. The molecule has 0 radical (unpaired) electrons. The first-order chi connectivity index (χ1) is 22.3. The van der Waals surface area contributed by atoms with Crippen molar-refractivity contribution in [3.05, 3.63) is 76.6 Å². The second kappa shape index (κ2) is 14.6. The predicted octanol–water partition coefficient (Wildman–Crippen LogP) is 7.47. The molecular formula is C37H49N3O7S. The van der Waals surface area contributed by atoms with E-state index in [1.54, 1.807) is 29.3 Å². The summed E-state index contributed by atoms with van der Waals surface area (Å²) < 4.78 is 41.9. The highest BCUT2D eigenvalue weighted by atomic mass is 32.2. The van der Waals surface area contributed by atoms with Crippen LogP contribution in [0.2, 0.25) is 0 Å². The van der Waals surface area contributed by atoms with E-state index in [1.807, 2.05) is 72.7 Å². The molecule has 4 rings (SSSR count). The lowest BCUT2D eigenvalue weighted by Gasteiger charge is -2.33. The summed E-state index contributed by atoms with van der Waals surface area (Å²) in [6, 6.07) is 12.6. The van der Waals surface area contributed by atoms with Gasteiger partial charge >= 0.3 is 6.09 Å². The third-order valence-corrected chi connectivity index (χ3v) is 8.97. The van der Waals surface area contributed by atoms with Crippen molar-refractivity contribution in [1.82, 2.24) is 9.88 Å². The van der Waals surface area contributed by atoms with E-state index in [0.717, 1.165) is 36.1 Å². The average molecular weight is 680 g/mol. The molecular weight excluding hydrogens is 630 g/mol. The van der Waals surface area contributed by atoms with Crippen LogP contribution in [0.5, 0.6) is 17.2 Å². The minimum absolute atomic E-state index is 0.218. The maximum atomic E-state index is 13.6. The van der Waals surface area contributed by atoms with Crippen LogP contribution in [0.3, 0.4) is 0 Å². The molecule has 0 atom stereocenters. The van der Waals surface area contributed by atoms with Gasteiger partial charge in [0.05, 0.1) is 18.6 Å². The highest BCUT2D eigenvalue weighted by molar-refractivity contribution is 7.89. The molecule has 0 saturated carbocycles. The number of amides is 2. The van der Waals surface area contributed by atoms with Gasteiger partial charge in [0, 0.05) is 48.4 Å². The lowest BCUT2D eigenvalue weighted by atomic mass is 9.85. The fraction of sp³-hybridized carbons (Fsp3) is 0.486. The Hall–Kier alpha value is -4.12. The van der Waals surface area contributed by atoms with Gasteiger partial charge in [-0.25, -0.2) is 13.2 Å². The lowest BCUT2D eigenvalue weighted by Crippen LogP contribution is -2.42. The molecule has 1 aromatic heterocycles. The fourth-order valence-electron chi connectivity index (χ4n) is 5.59. The minimum atomic E-state index is -3.36. The van der Waals surface area contributed by atoms with Gasteiger partial charge < -0.3 is 24.4 Å². The van der Waals surface area contributed by atoms with Crippen molar-refractivity contribution in [1.29, 1.82) is 0 Å². The second-order valence-corrected chi connectivity index (χ2v) is 16.8. The van der Waals surface area contributed by atoms with E-state index in [4.69, 9.17) is 14.2 Å². The van der Waals surface area contributed by atoms with Gasteiger partial charge in [-0.2, -0.15) is 0 Å². The van der Waals surface area contributed by atoms with Crippen LogP contribution in [0.4, 0.5) is 10.5 Å². The summed E-state index contributed by atoms with van der Waals surface area (Å²) in [5.74, 6) is 1.22. The molecule has 10 nitrogen and oxygen atoms in total. The largest absolute Gasteiger partial charge is 0.494 e. The number of piperidine rings is 1. The number of carbonyl (C=O) groups is 2. The Morgan fingerprint density at radius 2 is 1.69 bits per heavy atom. The van der Waals surface area contributed by atoms with Crippen molar-refractivity contribution in [3.8, 4) is 17.2 Å². The number of sulfone groups is 1. The van der Waals surface area contributed by atoms with Gasteiger partial charge in [0.15, 0.2) is 9.84 Å². The van der Waals surface area contributed by atoms with Gasteiger partial charge in [0.1, 0.15) is 22.8 Å².